The number of hydrogen-bond donors (Lipinski definition) is 1. The second-order valence-corrected chi connectivity index (χ2v) is 12.6. The van der Waals surface area contributed by atoms with E-state index in [1.807, 2.05) is 0 Å². The Morgan fingerprint density at radius 3 is 2.89 bits per heavy atom. The molecule has 202 valence electrons. The molecule has 3 aromatic rings. The number of thiophene rings is 1. The van der Waals surface area contributed by atoms with E-state index in [1.54, 1.807) is 18.5 Å². The van der Waals surface area contributed by atoms with E-state index in [9.17, 15) is 14.4 Å². The lowest BCUT2D eigenvalue weighted by Gasteiger charge is -2.36. The van der Waals surface area contributed by atoms with E-state index in [0.717, 1.165) is 31.2 Å². The summed E-state index contributed by atoms with van der Waals surface area (Å²) in [5, 5.41) is 22.5. The molecular formula is C27H31ClFN5O2S2. The van der Waals surface area contributed by atoms with Gasteiger partial charge in [0.05, 0.1) is 16.3 Å². The predicted octanol–water partition coefficient (Wildman–Crippen LogP) is 6.95. The van der Waals surface area contributed by atoms with Gasteiger partial charge >= 0.3 is 0 Å². The number of carbonyl (C=O) groups is 1. The molecule has 0 spiro atoms. The van der Waals surface area contributed by atoms with Crippen LogP contribution >= 0.6 is 34.7 Å². The summed E-state index contributed by atoms with van der Waals surface area (Å²) < 4.78 is 20.9. The fourth-order valence-corrected chi connectivity index (χ4v) is 6.88. The number of nitrogens with one attached hydrogen (secondary N) is 1. The standard InChI is InChI=1S/C27H31ClFN5O2S2/c1-6-27(3,4)16-7-9-18-19(13-30)25(38-22(18)11-16)31-23(35)14-37-26-33-32-24(34(26)5)15(2)36-21-10-8-17(29)12-20(21)28/h8,10,12,15-16H,6-7,9,11,14H2,1-5H3,(H,31,35). The lowest BCUT2D eigenvalue weighted by atomic mass is 9.69. The molecule has 0 fully saturated rings. The Hall–Kier alpha value is -2.61. The first-order chi connectivity index (χ1) is 18.0. The Balaban J connectivity index is 1.39. The number of thioether (sulfide) groups is 1. The van der Waals surface area contributed by atoms with Gasteiger partial charge in [-0.1, -0.05) is 50.6 Å². The number of halogens is 2. The lowest BCUT2D eigenvalue weighted by molar-refractivity contribution is -0.113. The second-order valence-electron chi connectivity index (χ2n) is 10.2. The minimum Gasteiger partial charge on any atom is -0.481 e. The van der Waals surface area contributed by atoms with Crippen molar-refractivity contribution >= 4 is 45.6 Å². The number of benzene rings is 1. The lowest BCUT2D eigenvalue weighted by Crippen LogP contribution is -2.28. The summed E-state index contributed by atoms with van der Waals surface area (Å²) in [4.78, 5) is 14.1. The Kier molecular flexibility index (Phi) is 8.70. The highest BCUT2D eigenvalue weighted by molar-refractivity contribution is 7.99. The highest BCUT2D eigenvalue weighted by atomic mass is 35.5. The summed E-state index contributed by atoms with van der Waals surface area (Å²) in [5.74, 6) is 0.913. The fraction of sp³-hybridized carbons (Fsp3) is 0.481. The van der Waals surface area contributed by atoms with Crippen LogP contribution in [0.25, 0.3) is 0 Å². The van der Waals surface area contributed by atoms with E-state index in [4.69, 9.17) is 16.3 Å². The number of nitrogens with zero attached hydrogens (tertiary/aromatic N) is 4. The molecule has 1 aliphatic rings. The molecule has 2 heterocycles. The molecular weight excluding hydrogens is 545 g/mol. The van der Waals surface area contributed by atoms with E-state index >= 15 is 0 Å². The molecule has 11 heteroatoms. The van der Waals surface area contributed by atoms with Crippen LogP contribution in [0.1, 0.15) is 68.5 Å². The molecule has 1 amide bonds. The first kappa shape index (κ1) is 28.4. The fourth-order valence-electron chi connectivity index (χ4n) is 4.66. The first-order valence-corrected chi connectivity index (χ1v) is 14.7. The highest BCUT2D eigenvalue weighted by Crippen LogP contribution is 2.45. The number of rotatable bonds is 9. The van der Waals surface area contributed by atoms with Crippen LogP contribution in [0.2, 0.25) is 5.02 Å². The van der Waals surface area contributed by atoms with E-state index in [2.05, 4.69) is 42.4 Å². The van der Waals surface area contributed by atoms with Crippen molar-refractivity contribution in [3.8, 4) is 11.8 Å². The molecule has 2 aromatic heterocycles. The average Bonchev–Trinajstić information content (AvgIpc) is 3.42. The molecule has 2 unspecified atom stereocenters. The molecule has 0 saturated heterocycles. The number of carbonyl (C=O) groups excluding carboxylic acids is 1. The van der Waals surface area contributed by atoms with Gasteiger partial charge in [0.1, 0.15) is 22.6 Å². The molecule has 0 radical (unpaired) electrons. The van der Waals surface area contributed by atoms with Crippen LogP contribution in [0.15, 0.2) is 23.4 Å². The van der Waals surface area contributed by atoms with Gasteiger partial charge < -0.3 is 14.6 Å². The Labute approximate surface area is 235 Å². The first-order valence-electron chi connectivity index (χ1n) is 12.5. The van der Waals surface area contributed by atoms with Crippen molar-refractivity contribution in [1.82, 2.24) is 14.8 Å². The van der Waals surface area contributed by atoms with Gasteiger partial charge in [-0.3, -0.25) is 4.79 Å². The third-order valence-corrected chi connectivity index (χ3v) is 9.89. The average molecular weight is 576 g/mol. The quantitative estimate of drug-likeness (QED) is 0.277. The number of hydrogen-bond acceptors (Lipinski definition) is 7. The maximum atomic E-state index is 13.3. The van der Waals surface area contributed by atoms with Crippen molar-refractivity contribution in [3.63, 3.8) is 0 Å². The van der Waals surface area contributed by atoms with E-state index in [1.165, 1.54) is 46.2 Å². The Morgan fingerprint density at radius 2 is 2.21 bits per heavy atom. The molecule has 4 rings (SSSR count). The third-order valence-electron chi connectivity index (χ3n) is 7.41. The third kappa shape index (κ3) is 6.00. The van der Waals surface area contributed by atoms with Gasteiger partial charge in [0.15, 0.2) is 17.1 Å². The monoisotopic (exact) mass is 575 g/mol. The van der Waals surface area contributed by atoms with Crippen molar-refractivity contribution in [2.75, 3.05) is 11.1 Å². The van der Waals surface area contributed by atoms with Gasteiger partial charge in [0, 0.05) is 11.9 Å². The summed E-state index contributed by atoms with van der Waals surface area (Å²) in [7, 11) is 1.79. The SMILES string of the molecule is CCC(C)(C)C1CCc2c(sc(NC(=O)CSc3nnc(C(C)Oc4ccc(F)cc4Cl)n3C)c2C#N)C1. The molecule has 1 N–H and O–H groups in total. The topological polar surface area (TPSA) is 92.8 Å². The summed E-state index contributed by atoms with van der Waals surface area (Å²) in [6.45, 7) is 8.63. The number of amides is 1. The van der Waals surface area contributed by atoms with Gasteiger partial charge in [-0.05, 0) is 61.3 Å². The van der Waals surface area contributed by atoms with Crippen molar-refractivity contribution in [2.45, 2.75) is 64.6 Å². The number of anilines is 1. The highest BCUT2D eigenvalue weighted by Gasteiger charge is 2.34. The van der Waals surface area contributed by atoms with Gasteiger partial charge in [0.2, 0.25) is 5.91 Å². The van der Waals surface area contributed by atoms with Crippen molar-refractivity contribution < 1.29 is 13.9 Å². The Morgan fingerprint density at radius 1 is 1.45 bits per heavy atom. The van der Waals surface area contributed by atoms with Crippen LogP contribution in [0.5, 0.6) is 5.75 Å². The molecule has 2 atom stereocenters. The predicted molar refractivity (Wildman–Crippen MR) is 149 cm³/mol. The number of nitriles is 1. The molecule has 0 aliphatic heterocycles. The minimum absolute atomic E-state index is 0.115. The van der Waals surface area contributed by atoms with Crippen LogP contribution < -0.4 is 10.1 Å². The minimum atomic E-state index is -0.504. The van der Waals surface area contributed by atoms with Crippen LogP contribution in [-0.4, -0.2) is 26.4 Å². The summed E-state index contributed by atoms with van der Waals surface area (Å²) in [6.07, 6.45) is 3.49. The summed E-state index contributed by atoms with van der Waals surface area (Å²) >= 11 is 8.85. The normalized spacial score (nSPS) is 16.0. The van der Waals surface area contributed by atoms with Crippen molar-refractivity contribution in [1.29, 1.82) is 5.26 Å². The maximum Gasteiger partial charge on any atom is 0.235 e. The second kappa shape index (κ2) is 11.6. The van der Waals surface area contributed by atoms with Crippen LogP contribution in [-0.2, 0) is 24.7 Å². The number of ether oxygens (including phenoxy) is 1. The number of aromatic nitrogens is 3. The molecule has 1 aliphatic carbocycles. The van der Waals surface area contributed by atoms with Crippen LogP contribution in [0.3, 0.4) is 0 Å². The van der Waals surface area contributed by atoms with E-state index in [0.29, 0.717) is 33.2 Å². The largest absolute Gasteiger partial charge is 0.481 e. The molecule has 7 nitrogen and oxygen atoms in total. The molecule has 38 heavy (non-hydrogen) atoms. The zero-order valence-electron chi connectivity index (χ0n) is 22.1. The molecule has 0 saturated carbocycles. The van der Waals surface area contributed by atoms with Gasteiger partial charge in [-0.15, -0.1) is 21.5 Å². The zero-order valence-corrected chi connectivity index (χ0v) is 24.5. The smallest absolute Gasteiger partial charge is 0.235 e. The van der Waals surface area contributed by atoms with Gasteiger partial charge in [-0.2, -0.15) is 5.26 Å². The molecule has 1 aromatic carbocycles. The zero-order chi connectivity index (χ0) is 27.6. The van der Waals surface area contributed by atoms with E-state index < -0.39 is 11.9 Å². The number of fused-ring (bicyclic) bond motifs is 1. The van der Waals surface area contributed by atoms with Crippen molar-refractivity contribution in [2.24, 2.45) is 18.4 Å². The molecule has 0 bridgehead atoms. The Bertz CT molecular complexity index is 1380. The maximum absolute atomic E-state index is 13.3. The summed E-state index contributed by atoms with van der Waals surface area (Å²) in [5.41, 5.74) is 1.94. The van der Waals surface area contributed by atoms with Gasteiger partial charge in [0.25, 0.3) is 0 Å². The van der Waals surface area contributed by atoms with Gasteiger partial charge in [-0.25, -0.2) is 4.39 Å². The summed E-state index contributed by atoms with van der Waals surface area (Å²) in [6, 6.07) is 6.25. The van der Waals surface area contributed by atoms with Crippen molar-refractivity contribution in [3.05, 3.63) is 50.9 Å². The van der Waals surface area contributed by atoms with Crippen LogP contribution in [0.4, 0.5) is 9.39 Å². The van der Waals surface area contributed by atoms with Crippen LogP contribution in [0, 0.1) is 28.5 Å². The van der Waals surface area contributed by atoms with E-state index in [-0.39, 0.29) is 22.1 Å².